The maximum atomic E-state index is 12.2. The minimum absolute atomic E-state index is 0.249. The first-order valence-corrected chi connectivity index (χ1v) is 8.08. The second-order valence-corrected chi connectivity index (χ2v) is 6.17. The van der Waals surface area contributed by atoms with Crippen LogP contribution in [0.25, 0.3) is 0 Å². The summed E-state index contributed by atoms with van der Waals surface area (Å²) in [4.78, 5) is 24.4. The molecule has 1 saturated carbocycles. The molecule has 1 fully saturated rings. The van der Waals surface area contributed by atoms with Crippen LogP contribution in [-0.2, 0) is 11.3 Å². The van der Waals surface area contributed by atoms with Crippen LogP contribution < -0.4 is 10.6 Å². The molecule has 126 valence electrons. The van der Waals surface area contributed by atoms with Gasteiger partial charge in [0.25, 0.3) is 5.91 Å². The second-order valence-electron chi connectivity index (χ2n) is 6.17. The van der Waals surface area contributed by atoms with Gasteiger partial charge in [-0.05, 0) is 38.8 Å². The lowest BCUT2D eigenvalue weighted by Crippen LogP contribution is -2.44. The average molecular weight is 327 g/mol. The van der Waals surface area contributed by atoms with Gasteiger partial charge < -0.3 is 15.2 Å². The minimum atomic E-state index is -0.629. The highest BCUT2D eigenvalue weighted by Gasteiger charge is 2.26. The van der Waals surface area contributed by atoms with Gasteiger partial charge >= 0.3 is 0 Å². The molecule has 0 saturated heterocycles. The van der Waals surface area contributed by atoms with E-state index in [0.29, 0.717) is 18.2 Å². The number of benzene rings is 1. The molecule has 1 aliphatic carbocycles. The zero-order valence-corrected chi connectivity index (χ0v) is 13.8. The van der Waals surface area contributed by atoms with Crippen molar-refractivity contribution in [1.82, 2.24) is 25.4 Å². The van der Waals surface area contributed by atoms with Gasteiger partial charge in [-0.1, -0.05) is 17.7 Å². The first kappa shape index (κ1) is 16.2. The van der Waals surface area contributed by atoms with E-state index >= 15 is 0 Å². The van der Waals surface area contributed by atoms with Gasteiger partial charge in [0.05, 0.1) is 6.54 Å². The summed E-state index contributed by atoms with van der Waals surface area (Å²) in [6.07, 6.45) is 3.95. The van der Waals surface area contributed by atoms with Crippen LogP contribution in [0, 0.1) is 6.92 Å². The first-order chi connectivity index (χ1) is 11.5. The number of rotatable bonds is 6. The number of aryl methyl sites for hydroxylation is 1. The number of carbonyl (C=O) groups excluding carboxylic acids is 2. The number of aromatic nitrogens is 3. The van der Waals surface area contributed by atoms with Crippen LogP contribution in [-0.4, -0.2) is 32.6 Å². The van der Waals surface area contributed by atoms with Gasteiger partial charge in [-0.2, -0.15) is 0 Å². The average Bonchev–Trinajstić information content (AvgIpc) is 3.30. The molecule has 7 nitrogen and oxygen atoms in total. The topological polar surface area (TPSA) is 88.9 Å². The van der Waals surface area contributed by atoms with Crippen molar-refractivity contribution in [3.8, 4) is 0 Å². The molecule has 7 heteroatoms. The van der Waals surface area contributed by atoms with E-state index in [9.17, 15) is 9.59 Å². The number of carbonyl (C=O) groups is 2. The van der Waals surface area contributed by atoms with Crippen molar-refractivity contribution in [2.45, 2.75) is 45.3 Å². The Bertz CT molecular complexity index is 751. The SMILES string of the molecule is Cc1cccc(C(=O)N[C@H](C)C(=O)NCc2nncn2C2CC2)c1. The van der Waals surface area contributed by atoms with Gasteiger partial charge in [-0.3, -0.25) is 9.59 Å². The zero-order valence-electron chi connectivity index (χ0n) is 13.8. The highest BCUT2D eigenvalue weighted by atomic mass is 16.2. The van der Waals surface area contributed by atoms with E-state index in [-0.39, 0.29) is 11.8 Å². The minimum Gasteiger partial charge on any atom is -0.347 e. The van der Waals surface area contributed by atoms with Crippen molar-refractivity contribution in [1.29, 1.82) is 0 Å². The molecule has 0 aliphatic heterocycles. The summed E-state index contributed by atoms with van der Waals surface area (Å²) in [5.74, 6) is 0.229. The maximum Gasteiger partial charge on any atom is 0.251 e. The lowest BCUT2D eigenvalue weighted by atomic mass is 10.1. The smallest absolute Gasteiger partial charge is 0.251 e. The molecule has 0 unspecified atom stereocenters. The van der Waals surface area contributed by atoms with Crippen molar-refractivity contribution in [3.05, 3.63) is 47.5 Å². The third-order valence-electron chi connectivity index (χ3n) is 4.03. The highest BCUT2D eigenvalue weighted by molar-refractivity contribution is 5.97. The van der Waals surface area contributed by atoms with Crippen LogP contribution >= 0.6 is 0 Å². The van der Waals surface area contributed by atoms with E-state index in [4.69, 9.17) is 0 Å². The van der Waals surface area contributed by atoms with E-state index in [2.05, 4.69) is 20.8 Å². The Labute approximate surface area is 140 Å². The Morgan fingerprint density at radius 2 is 2.17 bits per heavy atom. The number of amides is 2. The molecule has 2 amide bonds. The lowest BCUT2D eigenvalue weighted by Gasteiger charge is -2.14. The van der Waals surface area contributed by atoms with Crippen molar-refractivity contribution < 1.29 is 9.59 Å². The standard InChI is InChI=1S/C17H21N5O2/c1-11-4-3-5-13(8-11)17(24)20-12(2)16(23)18-9-15-21-19-10-22(15)14-6-7-14/h3-5,8,10,12,14H,6-7,9H2,1-2H3,(H,18,23)(H,20,24)/t12-/m1/s1. The van der Waals surface area contributed by atoms with Crippen LogP contribution in [0.5, 0.6) is 0 Å². The molecule has 0 bridgehead atoms. The van der Waals surface area contributed by atoms with Gasteiger partial charge in [0.2, 0.25) is 5.91 Å². The summed E-state index contributed by atoms with van der Waals surface area (Å²) in [5.41, 5.74) is 1.54. The molecular weight excluding hydrogens is 306 g/mol. The number of hydrogen-bond acceptors (Lipinski definition) is 4. The molecule has 1 aliphatic rings. The number of nitrogens with zero attached hydrogens (tertiary/aromatic N) is 3. The quantitative estimate of drug-likeness (QED) is 0.838. The molecule has 3 rings (SSSR count). The number of nitrogens with one attached hydrogen (secondary N) is 2. The molecule has 2 aromatic rings. The van der Waals surface area contributed by atoms with Crippen molar-refractivity contribution >= 4 is 11.8 Å². The fourth-order valence-electron chi connectivity index (χ4n) is 2.50. The summed E-state index contributed by atoms with van der Waals surface area (Å²) in [7, 11) is 0. The van der Waals surface area contributed by atoms with E-state index in [1.165, 1.54) is 0 Å². The van der Waals surface area contributed by atoms with Crippen molar-refractivity contribution in [2.75, 3.05) is 0 Å². The van der Waals surface area contributed by atoms with Gasteiger partial charge in [-0.25, -0.2) is 0 Å². The fourth-order valence-corrected chi connectivity index (χ4v) is 2.50. The fraction of sp³-hybridized carbons (Fsp3) is 0.412. The summed E-state index contributed by atoms with van der Waals surface area (Å²) in [6.45, 7) is 3.89. The first-order valence-electron chi connectivity index (χ1n) is 8.08. The Hall–Kier alpha value is -2.70. The molecule has 2 N–H and O–H groups in total. The molecule has 1 atom stereocenters. The summed E-state index contributed by atoms with van der Waals surface area (Å²) >= 11 is 0. The molecule has 1 aromatic heterocycles. The van der Waals surface area contributed by atoms with Crippen molar-refractivity contribution in [2.24, 2.45) is 0 Å². The Morgan fingerprint density at radius 3 is 2.88 bits per heavy atom. The molecule has 1 aromatic carbocycles. The molecule has 0 spiro atoms. The predicted molar refractivity (Wildman–Crippen MR) is 88.2 cm³/mol. The number of hydrogen-bond donors (Lipinski definition) is 2. The normalized spacial score (nSPS) is 14.9. The Balaban J connectivity index is 1.53. The highest BCUT2D eigenvalue weighted by Crippen LogP contribution is 2.35. The van der Waals surface area contributed by atoms with Gasteiger partial charge in [0.15, 0.2) is 5.82 Å². The molecular formula is C17H21N5O2. The second kappa shape index (κ2) is 6.82. The van der Waals surface area contributed by atoms with E-state index in [1.54, 1.807) is 25.4 Å². The van der Waals surface area contributed by atoms with Gasteiger partial charge in [-0.15, -0.1) is 10.2 Å². The summed E-state index contributed by atoms with van der Waals surface area (Å²) in [5, 5.41) is 13.4. The third-order valence-corrected chi connectivity index (χ3v) is 4.03. The zero-order chi connectivity index (χ0) is 17.1. The van der Waals surface area contributed by atoms with Crippen LogP contribution in [0.3, 0.4) is 0 Å². The Kier molecular flexibility index (Phi) is 4.59. The largest absolute Gasteiger partial charge is 0.347 e. The van der Waals surface area contributed by atoms with Gasteiger partial charge in [0, 0.05) is 11.6 Å². The van der Waals surface area contributed by atoms with Gasteiger partial charge in [0.1, 0.15) is 12.4 Å². The third kappa shape index (κ3) is 3.79. The van der Waals surface area contributed by atoms with Crippen LogP contribution in [0.2, 0.25) is 0 Å². The summed E-state index contributed by atoms with van der Waals surface area (Å²) < 4.78 is 2.00. The predicted octanol–water partition coefficient (Wildman–Crippen LogP) is 1.36. The molecule has 24 heavy (non-hydrogen) atoms. The lowest BCUT2D eigenvalue weighted by molar-refractivity contribution is -0.122. The van der Waals surface area contributed by atoms with E-state index < -0.39 is 6.04 Å². The van der Waals surface area contributed by atoms with Crippen LogP contribution in [0.15, 0.2) is 30.6 Å². The Morgan fingerprint density at radius 1 is 1.38 bits per heavy atom. The van der Waals surface area contributed by atoms with Crippen LogP contribution in [0.1, 0.15) is 47.6 Å². The van der Waals surface area contributed by atoms with Crippen molar-refractivity contribution in [3.63, 3.8) is 0 Å². The molecule has 0 radical (unpaired) electrons. The van der Waals surface area contributed by atoms with E-state index in [1.807, 2.05) is 23.6 Å². The van der Waals surface area contributed by atoms with Crippen LogP contribution in [0.4, 0.5) is 0 Å². The monoisotopic (exact) mass is 327 g/mol. The summed E-state index contributed by atoms with van der Waals surface area (Å²) in [6, 6.07) is 7.09. The van der Waals surface area contributed by atoms with E-state index in [0.717, 1.165) is 24.2 Å². The molecule has 1 heterocycles. The maximum absolute atomic E-state index is 12.2.